The average Bonchev–Trinajstić information content (AvgIpc) is 3.97. The molecule has 20 heteroatoms. The van der Waals surface area contributed by atoms with Gasteiger partial charge in [-0.2, -0.15) is 0 Å². The molecule has 67 heavy (non-hydrogen) atoms. The number of aliphatic hydroxyl groups excluding tert-OH is 2. The lowest BCUT2D eigenvalue weighted by Gasteiger charge is -2.38. The van der Waals surface area contributed by atoms with Crippen molar-refractivity contribution in [3.05, 3.63) is 91.9 Å². The normalized spacial score (nSPS) is 30.6. The molecule has 0 saturated carbocycles. The number of aromatic nitrogens is 2. The summed E-state index contributed by atoms with van der Waals surface area (Å²) >= 11 is 0. The van der Waals surface area contributed by atoms with Crippen LogP contribution in [0.15, 0.2) is 58.7 Å². The molecule has 1 saturated heterocycles. The van der Waals surface area contributed by atoms with Crippen molar-refractivity contribution in [2.24, 2.45) is 28.7 Å². The molecule has 360 valence electrons. The number of Topliss-reactive ketones (excluding diaryl/α,β-unsaturated/α-hetero) is 2. The van der Waals surface area contributed by atoms with E-state index in [1.54, 1.807) is 58.3 Å². The van der Waals surface area contributed by atoms with Crippen molar-refractivity contribution in [1.29, 1.82) is 0 Å². The van der Waals surface area contributed by atoms with Crippen LogP contribution < -0.4 is 15.4 Å². The molecular weight excluding hydrogens is 871 g/mol. The van der Waals surface area contributed by atoms with Crippen LogP contribution >= 0.6 is 0 Å². The van der Waals surface area contributed by atoms with E-state index in [9.17, 15) is 44.6 Å². The van der Waals surface area contributed by atoms with E-state index >= 15 is 0 Å². The van der Waals surface area contributed by atoms with Crippen LogP contribution in [0.2, 0.25) is 0 Å². The van der Waals surface area contributed by atoms with Gasteiger partial charge in [0.1, 0.15) is 41.7 Å². The smallest absolute Gasteiger partial charge is 0.342 e. The molecular formula is C47H59N7O13. The minimum atomic E-state index is -1.57. The van der Waals surface area contributed by atoms with Gasteiger partial charge in [-0.25, -0.2) is 9.55 Å². The average molecular weight is 930 g/mol. The highest BCUT2D eigenvalue weighted by molar-refractivity contribution is 6.34. The van der Waals surface area contributed by atoms with E-state index in [0.717, 1.165) is 0 Å². The van der Waals surface area contributed by atoms with Crippen LogP contribution in [0.1, 0.15) is 92.1 Å². The van der Waals surface area contributed by atoms with Crippen LogP contribution in [0, 0.1) is 47.6 Å². The van der Waals surface area contributed by atoms with Gasteiger partial charge in [0.15, 0.2) is 5.82 Å². The molecule has 5 heterocycles. The number of imidazole rings is 1. The summed E-state index contributed by atoms with van der Waals surface area (Å²) in [6.45, 7) is 14.7. The number of phenols is 1. The summed E-state index contributed by atoms with van der Waals surface area (Å²) in [7, 11) is 1.44. The number of fused-ring (bicyclic) bond motifs is 3. The van der Waals surface area contributed by atoms with Gasteiger partial charge in [-0.05, 0) is 24.8 Å². The second kappa shape index (κ2) is 19.2. The van der Waals surface area contributed by atoms with Crippen LogP contribution in [-0.4, -0.2) is 127 Å². The highest BCUT2D eigenvalue weighted by Crippen LogP contribution is 2.48. The Morgan fingerprint density at radius 2 is 1.69 bits per heavy atom. The van der Waals surface area contributed by atoms with Gasteiger partial charge in [0, 0.05) is 93.8 Å². The topological polar surface area (TPSA) is 267 Å². The highest BCUT2D eigenvalue weighted by atomic mass is 16.7. The van der Waals surface area contributed by atoms with Crippen molar-refractivity contribution in [3.8, 4) is 11.5 Å². The zero-order valence-electron chi connectivity index (χ0n) is 39.1. The number of aliphatic imine (C=N–C) groups is 1. The predicted molar refractivity (Wildman–Crippen MR) is 241 cm³/mol. The van der Waals surface area contributed by atoms with E-state index in [0.29, 0.717) is 44.8 Å². The molecule has 1 fully saturated rings. The Kier molecular flexibility index (Phi) is 13.9. The third-order valence-electron chi connectivity index (χ3n) is 13.9. The predicted octanol–water partition coefficient (Wildman–Crippen LogP) is 3.68. The van der Waals surface area contributed by atoms with Crippen molar-refractivity contribution in [3.63, 3.8) is 0 Å². The summed E-state index contributed by atoms with van der Waals surface area (Å²) in [4.78, 5) is 78.1. The number of benzene rings is 1. The van der Waals surface area contributed by atoms with Gasteiger partial charge < -0.3 is 55.0 Å². The summed E-state index contributed by atoms with van der Waals surface area (Å²) in [6.07, 6.45) is 4.08. The van der Waals surface area contributed by atoms with Crippen LogP contribution in [0.5, 0.6) is 11.5 Å². The Morgan fingerprint density at radius 3 is 2.34 bits per heavy atom. The molecule has 5 aliphatic rings. The Bertz CT molecular complexity index is 2520. The molecule has 0 radical (unpaired) electrons. The lowest BCUT2D eigenvalue weighted by molar-refractivity contribution is -0.392. The number of nitrogens with zero attached hydrogens (tertiary/aromatic N) is 5. The number of allylic oxidation sites excluding steroid dienone is 4. The molecule has 7 rings (SSSR count). The van der Waals surface area contributed by atoms with Crippen molar-refractivity contribution >= 4 is 35.0 Å². The quantitative estimate of drug-likeness (QED) is 0.157. The van der Waals surface area contributed by atoms with Crippen LogP contribution in [0.3, 0.4) is 0 Å². The molecule has 5 N–H and O–H groups in total. The number of ether oxygens (including phenoxy) is 4. The zero-order chi connectivity index (χ0) is 48.8. The monoisotopic (exact) mass is 929 g/mol. The van der Waals surface area contributed by atoms with Gasteiger partial charge in [-0.3, -0.25) is 29.1 Å². The van der Waals surface area contributed by atoms with Gasteiger partial charge in [-0.1, -0.05) is 45.9 Å². The lowest BCUT2D eigenvalue weighted by Crippen LogP contribution is -2.50. The number of nitrogens with one attached hydrogen (secondary N) is 2. The van der Waals surface area contributed by atoms with E-state index in [1.165, 1.54) is 45.6 Å². The Balaban J connectivity index is 1.28. The van der Waals surface area contributed by atoms with Crippen molar-refractivity contribution in [1.82, 2.24) is 25.1 Å². The van der Waals surface area contributed by atoms with E-state index in [4.69, 9.17) is 23.9 Å². The second-order valence-corrected chi connectivity index (χ2v) is 18.2. The van der Waals surface area contributed by atoms with E-state index in [2.05, 4.69) is 20.5 Å². The number of phenolic OH excluding ortho intramolecular Hbond substituents is 1. The Morgan fingerprint density at radius 1 is 0.985 bits per heavy atom. The number of carbonyl (C=O) groups excluding carboxylic acids is 4. The number of carbonyl (C=O) groups is 4. The van der Waals surface area contributed by atoms with Gasteiger partial charge >= 0.3 is 18.1 Å². The number of methoxy groups -OCH3 is 1. The van der Waals surface area contributed by atoms with Crippen molar-refractivity contribution in [2.75, 3.05) is 26.7 Å². The molecule has 1 aliphatic carbocycles. The number of amides is 1. The van der Waals surface area contributed by atoms with E-state index in [-0.39, 0.29) is 56.5 Å². The van der Waals surface area contributed by atoms with Crippen LogP contribution in [0.4, 0.5) is 5.82 Å². The molecule has 1 aromatic carbocycles. The fourth-order valence-corrected chi connectivity index (χ4v) is 9.73. The van der Waals surface area contributed by atoms with Gasteiger partial charge in [0.2, 0.25) is 11.6 Å². The number of hydrogen-bond acceptors (Lipinski definition) is 17. The maximum Gasteiger partial charge on any atom is 0.342 e. The van der Waals surface area contributed by atoms with Crippen molar-refractivity contribution < 1.29 is 58.4 Å². The van der Waals surface area contributed by atoms with Gasteiger partial charge in [0.25, 0.3) is 5.91 Å². The number of nitro groups is 1. The number of likely N-dealkylation sites (tertiary alicyclic amines) is 1. The molecule has 1 amide bonds. The van der Waals surface area contributed by atoms with Crippen molar-refractivity contribution in [2.45, 2.75) is 111 Å². The van der Waals surface area contributed by atoms with Crippen LogP contribution in [0.25, 0.3) is 0 Å². The van der Waals surface area contributed by atoms with Gasteiger partial charge in [-0.15, -0.1) is 0 Å². The maximum absolute atomic E-state index is 14.8. The first kappa shape index (κ1) is 48.7. The first-order valence-electron chi connectivity index (χ1n) is 22.4. The minimum Gasteiger partial charge on any atom is -0.507 e. The molecule has 5 bridgehead atoms. The summed E-state index contributed by atoms with van der Waals surface area (Å²) in [5, 5.41) is 52.6. The number of aliphatic hydroxyl groups is 2. The second-order valence-electron chi connectivity index (χ2n) is 18.2. The standard InChI is InChI=1S/C47H59N7O13/c1-22-11-10-12-23(2)45(61)49-37-36-35(50-47(51-36)14-16-52(17-15-47)18-19-53-28(7)48-21-31(53)54(62)63)32-33(41(37)59)40(58)27(6)44-34(32)42(60)46(67-44)65-20-13-30(64-9)24(3)43(66-29(8)55)26(5)39(57)25(4)38(22)56/h10-13,20-22,24-26,30,38-39,43,46,51,56-58H,14-19H2,1-9H3,(H,49,61)/b11-10+,20-13+,23-12-/t22-,24+,25+,26+,30-,38-,39+,43+,46?/m0/s1. The molecule has 1 aromatic heterocycles. The van der Waals surface area contributed by atoms with E-state index in [1.807, 2.05) is 0 Å². The SMILES string of the molecule is CO[C@H]1/C=C/OC2Oc3c(C)c(O)c4c(c3C2=O)C2=NC3(CCN(CCn5c([N+](=O)[O-])cnc5C)CC3)NC2=C(NC(=O)/C(C)=C\C=C\[C@H](C)[C@H](O)[C@@H](C)[C@@H](O)[C@@H](C)[C@H](OC(C)=O)[C@@H]1C)C4=O. The fourth-order valence-electron chi connectivity index (χ4n) is 9.73. The Labute approximate surface area is 387 Å². The number of aryl methyl sites for hydroxylation is 1. The summed E-state index contributed by atoms with van der Waals surface area (Å²) in [6, 6.07) is 0. The third kappa shape index (κ3) is 9.14. The number of esters is 1. The van der Waals surface area contributed by atoms with Gasteiger partial charge in [0.05, 0.1) is 47.1 Å². The molecule has 9 atom stereocenters. The first-order valence-corrected chi connectivity index (χ1v) is 22.4. The molecule has 1 spiro atoms. The third-order valence-corrected chi connectivity index (χ3v) is 13.9. The summed E-state index contributed by atoms with van der Waals surface area (Å²) < 4.78 is 25.1. The first-order chi connectivity index (χ1) is 31.7. The molecule has 4 aliphatic heterocycles. The molecule has 20 nitrogen and oxygen atoms in total. The molecule has 1 unspecified atom stereocenters. The number of ketones is 2. The number of hydrogen-bond donors (Lipinski definition) is 5. The largest absolute Gasteiger partial charge is 0.507 e. The number of rotatable bonds is 6. The lowest BCUT2D eigenvalue weighted by atomic mass is 9.78. The van der Waals surface area contributed by atoms with E-state index < -0.39 is 94.2 Å². The summed E-state index contributed by atoms with van der Waals surface area (Å²) in [5.41, 5.74) is -0.875. The zero-order valence-corrected chi connectivity index (χ0v) is 39.1. The number of piperidine rings is 1. The Hall–Kier alpha value is -6.22. The maximum atomic E-state index is 14.8. The highest BCUT2D eigenvalue weighted by Gasteiger charge is 2.51. The summed E-state index contributed by atoms with van der Waals surface area (Å²) in [5.74, 6) is -5.25. The van der Waals surface area contributed by atoms with Crippen LogP contribution in [-0.2, 0) is 30.3 Å². The number of aromatic hydroxyl groups is 1. The fraction of sp³-hybridized carbons (Fsp3) is 0.532. The minimum absolute atomic E-state index is 0.0161. The molecule has 2 aromatic rings.